The molecule has 1 rings (SSSR count). The largest absolute Gasteiger partial charge is 0.502 e. The van der Waals surface area contributed by atoms with E-state index in [-0.39, 0.29) is 47.9 Å². The fourth-order valence-electron chi connectivity index (χ4n) is 3.92. The van der Waals surface area contributed by atoms with Crippen molar-refractivity contribution in [3.8, 4) is 17.2 Å². The van der Waals surface area contributed by atoms with Crippen LogP contribution in [-0.2, 0) is 19.1 Å². The highest BCUT2D eigenvalue weighted by molar-refractivity contribution is 6.17. The van der Waals surface area contributed by atoms with Crippen molar-refractivity contribution in [2.24, 2.45) is 11.8 Å². The van der Waals surface area contributed by atoms with Gasteiger partial charge in [-0.2, -0.15) is 0 Å². The molecule has 1 N–H and O–H groups in total. The SMILES string of the molecule is CCCCC(CC)COC(=O)C(=Cc1cc(OCC)c(O)c(OCC)c1)C(=O)OCC(CC)CCCC. The number of phenolic OH excluding ortho intramolecular Hbond substituents is 1. The number of hydrogen-bond acceptors (Lipinski definition) is 7. The van der Waals surface area contributed by atoms with Gasteiger partial charge in [0, 0.05) is 0 Å². The highest BCUT2D eigenvalue weighted by Gasteiger charge is 2.24. The fraction of sp³-hybridized carbons (Fsp3) is 0.667. The maximum Gasteiger partial charge on any atom is 0.345 e. The van der Waals surface area contributed by atoms with E-state index in [9.17, 15) is 14.7 Å². The number of rotatable bonds is 19. The first-order valence-corrected chi connectivity index (χ1v) is 14.0. The van der Waals surface area contributed by atoms with Crippen LogP contribution >= 0.6 is 0 Å². The van der Waals surface area contributed by atoms with Gasteiger partial charge in [-0.25, -0.2) is 9.59 Å². The van der Waals surface area contributed by atoms with Crippen molar-refractivity contribution in [1.82, 2.24) is 0 Å². The summed E-state index contributed by atoms with van der Waals surface area (Å²) in [5.41, 5.74) is 0.274. The quantitative estimate of drug-likeness (QED) is 0.0901. The van der Waals surface area contributed by atoms with Crippen LogP contribution < -0.4 is 9.47 Å². The van der Waals surface area contributed by atoms with E-state index in [0.29, 0.717) is 18.8 Å². The molecule has 0 radical (unpaired) electrons. The van der Waals surface area contributed by atoms with Gasteiger partial charge in [0.05, 0.1) is 26.4 Å². The van der Waals surface area contributed by atoms with Crippen molar-refractivity contribution >= 4 is 18.0 Å². The number of hydrogen-bond donors (Lipinski definition) is 1. The maximum atomic E-state index is 13.2. The van der Waals surface area contributed by atoms with Gasteiger partial charge < -0.3 is 24.1 Å². The molecule has 0 spiro atoms. The smallest absolute Gasteiger partial charge is 0.345 e. The highest BCUT2D eigenvalue weighted by atomic mass is 16.6. The Hall–Kier alpha value is -2.70. The second kappa shape index (κ2) is 18.5. The van der Waals surface area contributed by atoms with Crippen molar-refractivity contribution in [3.63, 3.8) is 0 Å². The third-order valence-electron chi connectivity index (χ3n) is 6.40. The average molecular weight is 521 g/mol. The Labute approximate surface area is 223 Å². The van der Waals surface area contributed by atoms with Crippen molar-refractivity contribution in [3.05, 3.63) is 23.3 Å². The second-order valence-electron chi connectivity index (χ2n) is 9.32. The lowest BCUT2D eigenvalue weighted by Gasteiger charge is -2.17. The van der Waals surface area contributed by atoms with Crippen molar-refractivity contribution in [2.45, 2.75) is 92.9 Å². The van der Waals surface area contributed by atoms with E-state index < -0.39 is 11.9 Å². The summed E-state index contributed by atoms with van der Waals surface area (Å²) in [5, 5.41) is 10.5. The Kier molecular flexibility index (Phi) is 16.2. The lowest BCUT2D eigenvalue weighted by atomic mass is 10.0. The number of ether oxygens (including phenoxy) is 4. The zero-order chi connectivity index (χ0) is 27.6. The lowest BCUT2D eigenvalue weighted by Crippen LogP contribution is -2.23. The second-order valence-corrected chi connectivity index (χ2v) is 9.32. The van der Waals surface area contributed by atoms with Crippen LogP contribution in [0.1, 0.15) is 98.5 Å². The summed E-state index contributed by atoms with van der Waals surface area (Å²) in [6.07, 6.45) is 9.40. The van der Waals surface area contributed by atoms with Gasteiger partial charge >= 0.3 is 11.9 Å². The molecule has 210 valence electrons. The van der Waals surface area contributed by atoms with Crippen LogP contribution in [0.2, 0.25) is 0 Å². The first-order valence-electron chi connectivity index (χ1n) is 14.0. The van der Waals surface area contributed by atoms with Crippen LogP contribution in [0.15, 0.2) is 17.7 Å². The number of benzene rings is 1. The minimum Gasteiger partial charge on any atom is -0.502 e. The molecule has 0 aliphatic rings. The lowest BCUT2D eigenvalue weighted by molar-refractivity contribution is -0.148. The summed E-state index contributed by atoms with van der Waals surface area (Å²) in [6.45, 7) is 13.2. The van der Waals surface area contributed by atoms with E-state index in [2.05, 4.69) is 27.7 Å². The van der Waals surface area contributed by atoms with Gasteiger partial charge in [0.1, 0.15) is 5.57 Å². The first kappa shape index (κ1) is 32.3. The van der Waals surface area contributed by atoms with Gasteiger partial charge in [0.25, 0.3) is 0 Å². The molecule has 0 bridgehead atoms. The van der Waals surface area contributed by atoms with Crippen molar-refractivity contribution < 1.29 is 33.6 Å². The summed E-state index contributed by atoms with van der Waals surface area (Å²) in [6, 6.07) is 3.13. The molecule has 0 saturated carbocycles. The van der Waals surface area contributed by atoms with Gasteiger partial charge in [0.2, 0.25) is 5.75 Å². The van der Waals surface area contributed by atoms with Gasteiger partial charge in [-0.05, 0) is 62.3 Å². The van der Waals surface area contributed by atoms with Crippen LogP contribution in [0.4, 0.5) is 0 Å². The van der Waals surface area contributed by atoms with E-state index in [4.69, 9.17) is 18.9 Å². The number of carbonyl (C=O) groups excluding carboxylic acids is 2. The van der Waals surface area contributed by atoms with E-state index in [1.54, 1.807) is 26.0 Å². The number of carbonyl (C=O) groups is 2. The first-order chi connectivity index (χ1) is 17.8. The van der Waals surface area contributed by atoms with Crippen LogP contribution in [-0.4, -0.2) is 43.5 Å². The molecule has 7 heteroatoms. The molecule has 0 aliphatic carbocycles. The molecule has 2 unspecified atom stereocenters. The zero-order valence-corrected chi connectivity index (χ0v) is 23.8. The molecule has 1 aromatic rings. The molecule has 0 fully saturated rings. The average Bonchev–Trinajstić information content (AvgIpc) is 2.89. The van der Waals surface area contributed by atoms with Gasteiger partial charge in [-0.1, -0.05) is 66.2 Å². The summed E-state index contributed by atoms with van der Waals surface area (Å²) in [7, 11) is 0. The van der Waals surface area contributed by atoms with Gasteiger partial charge in [-0.15, -0.1) is 0 Å². The Morgan fingerprint density at radius 3 is 1.57 bits per heavy atom. The predicted molar refractivity (Wildman–Crippen MR) is 147 cm³/mol. The molecular weight excluding hydrogens is 472 g/mol. The van der Waals surface area contributed by atoms with E-state index in [1.165, 1.54) is 6.08 Å². The predicted octanol–water partition coefficient (Wildman–Crippen LogP) is 7.09. The zero-order valence-electron chi connectivity index (χ0n) is 23.8. The Morgan fingerprint density at radius 2 is 1.22 bits per heavy atom. The van der Waals surface area contributed by atoms with Gasteiger partial charge in [-0.3, -0.25) is 0 Å². The molecule has 37 heavy (non-hydrogen) atoms. The molecular formula is C30H48O7. The summed E-state index contributed by atoms with van der Waals surface area (Å²) in [5.74, 6) is -0.675. The molecule has 0 heterocycles. The standard InChI is InChI=1S/C30H48O7/c1-7-13-15-22(9-3)20-36-29(32)25(30(33)37-21-23(10-4)16-14-8-2)17-24-18-26(34-11-5)28(31)27(19-24)35-12-6/h17-19,22-23,31H,7-16,20-21H2,1-6H3. The topological polar surface area (TPSA) is 91.3 Å². The Bertz CT molecular complexity index is 785. The van der Waals surface area contributed by atoms with Crippen molar-refractivity contribution in [1.29, 1.82) is 0 Å². The van der Waals surface area contributed by atoms with E-state index >= 15 is 0 Å². The summed E-state index contributed by atoms with van der Waals surface area (Å²) < 4.78 is 22.3. The van der Waals surface area contributed by atoms with Crippen LogP contribution in [0.5, 0.6) is 17.2 Å². The number of unbranched alkanes of at least 4 members (excludes halogenated alkanes) is 2. The van der Waals surface area contributed by atoms with Crippen molar-refractivity contribution in [2.75, 3.05) is 26.4 Å². The molecule has 1 aromatic carbocycles. The van der Waals surface area contributed by atoms with E-state index in [0.717, 1.165) is 51.4 Å². The van der Waals surface area contributed by atoms with E-state index in [1.807, 2.05) is 0 Å². The number of phenols is 1. The molecule has 0 aromatic heterocycles. The third-order valence-corrected chi connectivity index (χ3v) is 6.40. The maximum absolute atomic E-state index is 13.2. The number of esters is 2. The molecule has 0 aliphatic heterocycles. The minimum absolute atomic E-state index is 0.129. The summed E-state index contributed by atoms with van der Waals surface area (Å²) in [4.78, 5) is 26.3. The molecule has 2 atom stereocenters. The Balaban J connectivity index is 3.28. The molecule has 0 amide bonds. The Morgan fingerprint density at radius 1 is 0.784 bits per heavy atom. The van der Waals surface area contributed by atoms with Crippen LogP contribution in [0, 0.1) is 11.8 Å². The molecule has 7 nitrogen and oxygen atoms in total. The fourth-order valence-corrected chi connectivity index (χ4v) is 3.92. The normalized spacial score (nSPS) is 12.4. The minimum atomic E-state index is -0.717. The van der Waals surface area contributed by atoms with Crippen LogP contribution in [0.3, 0.4) is 0 Å². The highest BCUT2D eigenvalue weighted by Crippen LogP contribution is 2.38. The monoisotopic (exact) mass is 520 g/mol. The number of aromatic hydroxyl groups is 1. The third kappa shape index (κ3) is 11.5. The molecule has 0 saturated heterocycles. The van der Waals surface area contributed by atoms with Crippen LogP contribution in [0.25, 0.3) is 6.08 Å². The summed E-state index contributed by atoms with van der Waals surface area (Å²) >= 11 is 0. The van der Waals surface area contributed by atoms with Gasteiger partial charge in [0.15, 0.2) is 11.5 Å².